The van der Waals surface area contributed by atoms with Crippen molar-refractivity contribution in [1.82, 2.24) is 0 Å². The fourth-order valence-electron chi connectivity index (χ4n) is 1.79. The van der Waals surface area contributed by atoms with E-state index in [1.54, 1.807) is 22.5 Å². The molecular weight excluding hydrogens is 469 g/mol. The molecule has 0 saturated heterocycles. The molecule has 1 aliphatic carbocycles. The third-order valence-electron chi connectivity index (χ3n) is 2.49. The molecule has 3 radical (unpaired) electrons. The van der Waals surface area contributed by atoms with Crippen molar-refractivity contribution >= 4 is 73.5 Å². The van der Waals surface area contributed by atoms with Crippen molar-refractivity contribution in [2.45, 2.75) is 42.6 Å². The molecule has 0 aromatic rings. The summed E-state index contributed by atoms with van der Waals surface area (Å²) in [5.74, 6) is 0.840. The molecule has 5 heteroatoms. The van der Waals surface area contributed by atoms with E-state index in [1.807, 2.05) is 0 Å². The summed E-state index contributed by atoms with van der Waals surface area (Å²) in [6.07, 6.45) is 5.67. The molecule has 3 atom stereocenters. The van der Waals surface area contributed by atoms with Crippen molar-refractivity contribution in [1.29, 1.82) is 0 Å². The Morgan fingerprint density at radius 3 is 1.92 bits per heavy atom. The van der Waals surface area contributed by atoms with Crippen LogP contribution in [0.3, 0.4) is 0 Å². The van der Waals surface area contributed by atoms with Gasteiger partial charge >= 0.3 is 76.8 Å². The molecule has 1 fully saturated rings. The number of hydrogen-bond donors (Lipinski definition) is 1. The quantitative estimate of drug-likeness (QED) is 0.565. The van der Waals surface area contributed by atoms with Gasteiger partial charge in [-0.25, -0.2) is 0 Å². The zero-order valence-electron chi connectivity index (χ0n) is 7.86. The molecule has 2 N–H and O–H groups in total. The standard InChI is InChI=1S/C8H16N.3BrH.Sn/c1-7(9)8-5-3-2-4-6-8;;;;/h5,7-8H,2-4,6,9H2,1H3;3*1H;. The summed E-state index contributed by atoms with van der Waals surface area (Å²) in [6.45, 7) is 2.16. The molecule has 0 bridgehead atoms. The van der Waals surface area contributed by atoms with Crippen molar-refractivity contribution in [3.8, 4) is 0 Å². The van der Waals surface area contributed by atoms with Gasteiger partial charge in [-0.05, 0) is 0 Å². The molecule has 3 unspecified atom stereocenters. The Labute approximate surface area is 126 Å². The van der Waals surface area contributed by atoms with E-state index in [0.717, 1.165) is 9.85 Å². The molecule has 1 nitrogen and oxygen atoms in total. The third kappa shape index (κ3) is 7.14. The zero-order valence-corrected chi connectivity index (χ0v) is 15.9. The van der Waals surface area contributed by atoms with E-state index in [9.17, 15) is 0 Å². The van der Waals surface area contributed by atoms with Crippen LogP contribution in [-0.2, 0) is 0 Å². The van der Waals surface area contributed by atoms with Crippen molar-refractivity contribution < 1.29 is 0 Å². The van der Waals surface area contributed by atoms with Gasteiger partial charge in [0.05, 0.1) is 0 Å². The molecule has 81 valence electrons. The SMILES string of the molecule is Br.Br.Br.CC(N)C1CCCC[CH]1[Sn]. The summed E-state index contributed by atoms with van der Waals surface area (Å²) < 4.78 is 0.959. The van der Waals surface area contributed by atoms with Crippen molar-refractivity contribution in [2.75, 3.05) is 0 Å². The Morgan fingerprint density at radius 2 is 1.62 bits per heavy atom. The van der Waals surface area contributed by atoms with Crippen molar-refractivity contribution in [2.24, 2.45) is 11.7 Å². The summed E-state index contributed by atoms with van der Waals surface area (Å²) in [4.78, 5) is 0. The van der Waals surface area contributed by atoms with Crippen LogP contribution in [0.15, 0.2) is 0 Å². The van der Waals surface area contributed by atoms with Gasteiger partial charge < -0.3 is 0 Å². The van der Waals surface area contributed by atoms with Crippen LogP contribution in [0, 0.1) is 5.92 Å². The average Bonchev–Trinajstić information content (AvgIpc) is 1.88. The van der Waals surface area contributed by atoms with Crippen LogP contribution < -0.4 is 5.73 Å². The van der Waals surface area contributed by atoms with Crippen molar-refractivity contribution in [3.05, 3.63) is 0 Å². The van der Waals surface area contributed by atoms with E-state index < -0.39 is 0 Å². The summed E-state index contributed by atoms with van der Waals surface area (Å²) in [5, 5.41) is 0. The van der Waals surface area contributed by atoms with Crippen LogP contribution in [0.5, 0.6) is 0 Å². The predicted octanol–water partition coefficient (Wildman–Crippen LogP) is 3.21. The molecule has 1 rings (SSSR count). The number of hydrogen-bond acceptors (Lipinski definition) is 1. The fourth-order valence-corrected chi connectivity index (χ4v) is 3.71. The molecule has 0 heterocycles. The summed E-state index contributed by atoms with van der Waals surface area (Å²) in [6, 6.07) is 0.435. The normalized spacial score (nSPS) is 28.8. The van der Waals surface area contributed by atoms with E-state index in [1.165, 1.54) is 25.7 Å². The number of rotatable bonds is 1. The van der Waals surface area contributed by atoms with Crippen LogP contribution in [0.25, 0.3) is 0 Å². The van der Waals surface area contributed by atoms with Gasteiger partial charge in [0, 0.05) is 0 Å². The monoisotopic (exact) mass is 486 g/mol. The average molecular weight is 488 g/mol. The molecular formula is C8H19Br3NSn. The second-order valence-corrected chi connectivity index (χ2v) is 5.53. The molecule has 1 aliphatic rings. The first kappa shape index (κ1) is 20.6. The Kier molecular flexibility index (Phi) is 17.0. The molecule has 0 aromatic heterocycles. The Bertz CT molecular complexity index is 114. The van der Waals surface area contributed by atoms with Crippen LogP contribution in [-0.4, -0.2) is 28.6 Å². The van der Waals surface area contributed by atoms with E-state index in [2.05, 4.69) is 6.92 Å². The zero-order chi connectivity index (χ0) is 7.56. The van der Waals surface area contributed by atoms with Gasteiger partial charge in [0.1, 0.15) is 0 Å². The van der Waals surface area contributed by atoms with Gasteiger partial charge in [0.15, 0.2) is 0 Å². The molecule has 0 spiro atoms. The minimum atomic E-state index is 0. The summed E-state index contributed by atoms with van der Waals surface area (Å²) >= 11 is 1.70. The molecule has 13 heavy (non-hydrogen) atoms. The molecule has 1 saturated carbocycles. The molecule has 0 aliphatic heterocycles. The first-order valence-electron chi connectivity index (χ1n) is 4.18. The first-order valence-corrected chi connectivity index (χ1v) is 5.83. The second kappa shape index (κ2) is 10.7. The molecule has 0 aromatic carbocycles. The third-order valence-corrected chi connectivity index (χ3v) is 4.54. The Balaban J connectivity index is -0.000000333. The van der Waals surface area contributed by atoms with Crippen LogP contribution in [0.2, 0.25) is 3.93 Å². The Morgan fingerprint density at radius 1 is 1.15 bits per heavy atom. The van der Waals surface area contributed by atoms with Crippen LogP contribution in [0.4, 0.5) is 0 Å². The van der Waals surface area contributed by atoms with Gasteiger partial charge in [-0.1, -0.05) is 0 Å². The topological polar surface area (TPSA) is 26.0 Å². The van der Waals surface area contributed by atoms with Gasteiger partial charge in [0.25, 0.3) is 0 Å². The maximum atomic E-state index is 5.87. The van der Waals surface area contributed by atoms with Gasteiger partial charge in [-0.3, -0.25) is 0 Å². The van der Waals surface area contributed by atoms with Gasteiger partial charge in [-0.15, -0.1) is 50.9 Å². The Hall–Kier alpha value is 2.20. The number of halogens is 3. The van der Waals surface area contributed by atoms with Crippen LogP contribution >= 0.6 is 50.9 Å². The van der Waals surface area contributed by atoms with E-state index in [-0.39, 0.29) is 50.9 Å². The van der Waals surface area contributed by atoms with E-state index >= 15 is 0 Å². The molecule has 0 amide bonds. The van der Waals surface area contributed by atoms with Crippen LogP contribution in [0.1, 0.15) is 32.6 Å². The summed E-state index contributed by atoms with van der Waals surface area (Å²) in [5.41, 5.74) is 5.87. The second-order valence-electron chi connectivity index (χ2n) is 3.41. The first-order chi connectivity index (χ1) is 4.72. The minimum absolute atomic E-state index is 0. The predicted molar refractivity (Wildman–Crippen MR) is 76.1 cm³/mol. The van der Waals surface area contributed by atoms with Gasteiger partial charge in [-0.2, -0.15) is 0 Å². The van der Waals surface area contributed by atoms with Gasteiger partial charge in [0.2, 0.25) is 0 Å². The maximum absolute atomic E-state index is 5.87. The van der Waals surface area contributed by atoms with E-state index in [4.69, 9.17) is 5.73 Å². The van der Waals surface area contributed by atoms with Crippen molar-refractivity contribution in [3.63, 3.8) is 0 Å². The number of nitrogens with two attached hydrogens (primary N) is 1. The fraction of sp³-hybridized carbons (Fsp3) is 1.00. The summed E-state index contributed by atoms with van der Waals surface area (Å²) in [7, 11) is 0. The van der Waals surface area contributed by atoms with E-state index in [0.29, 0.717) is 6.04 Å².